The number of carbonyl (C=O) groups excluding carboxylic acids is 2. The molecule has 1 aromatic rings. The standard InChI is InChI=1S/C12H15NO3S/c1-3-16-12(15)8-17-11-6-4-10(5-7-11)13-9(2)14/h4-7H,3,8H2,1-2H3,(H,13,14). The maximum atomic E-state index is 11.1. The lowest BCUT2D eigenvalue weighted by Crippen LogP contribution is -2.06. The van der Waals surface area contributed by atoms with Gasteiger partial charge in [0, 0.05) is 17.5 Å². The normalized spacial score (nSPS) is 9.76. The maximum Gasteiger partial charge on any atom is 0.316 e. The van der Waals surface area contributed by atoms with Crippen LogP contribution in [-0.2, 0) is 14.3 Å². The first-order valence-electron chi connectivity index (χ1n) is 5.28. The number of carbonyl (C=O) groups is 2. The third-order valence-corrected chi connectivity index (χ3v) is 2.82. The number of thioether (sulfide) groups is 1. The summed E-state index contributed by atoms with van der Waals surface area (Å²) in [4.78, 5) is 22.9. The van der Waals surface area contributed by atoms with Crippen LogP contribution in [0.5, 0.6) is 0 Å². The number of rotatable bonds is 5. The van der Waals surface area contributed by atoms with Crippen LogP contribution < -0.4 is 5.32 Å². The van der Waals surface area contributed by atoms with Crippen molar-refractivity contribution in [3.05, 3.63) is 24.3 Å². The van der Waals surface area contributed by atoms with Crippen LogP contribution in [0.4, 0.5) is 5.69 Å². The van der Waals surface area contributed by atoms with Gasteiger partial charge in [-0.2, -0.15) is 0 Å². The average molecular weight is 253 g/mol. The summed E-state index contributed by atoms with van der Waals surface area (Å²) in [6.07, 6.45) is 0. The molecule has 0 atom stereocenters. The quantitative estimate of drug-likeness (QED) is 0.646. The Morgan fingerprint density at radius 1 is 1.29 bits per heavy atom. The van der Waals surface area contributed by atoms with Crippen molar-refractivity contribution in [2.45, 2.75) is 18.7 Å². The van der Waals surface area contributed by atoms with Crippen LogP contribution in [0.15, 0.2) is 29.2 Å². The maximum absolute atomic E-state index is 11.1. The molecule has 0 bridgehead atoms. The van der Waals surface area contributed by atoms with Gasteiger partial charge in [0.15, 0.2) is 0 Å². The van der Waals surface area contributed by atoms with Crippen LogP contribution in [0.25, 0.3) is 0 Å². The van der Waals surface area contributed by atoms with Crippen LogP contribution in [0.2, 0.25) is 0 Å². The van der Waals surface area contributed by atoms with E-state index in [1.807, 2.05) is 12.1 Å². The Morgan fingerprint density at radius 3 is 2.47 bits per heavy atom. The summed E-state index contributed by atoms with van der Waals surface area (Å²) in [7, 11) is 0. The minimum atomic E-state index is -0.219. The van der Waals surface area contributed by atoms with Crippen LogP contribution in [0.3, 0.4) is 0 Å². The second-order valence-electron chi connectivity index (χ2n) is 3.30. The van der Waals surface area contributed by atoms with Gasteiger partial charge in [0.25, 0.3) is 0 Å². The van der Waals surface area contributed by atoms with Crippen LogP contribution in [0.1, 0.15) is 13.8 Å². The molecular formula is C12H15NO3S. The second kappa shape index (κ2) is 6.96. The van der Waals surface area contributed by atoms with Crippen LogP contribution >= 0.6 is 11.8 Å². The highest BCUT2D eigenvalue weighted by molar-refractivity contribution is 8.00. The summed E-state index contributed by atoms with van der Waals surface area (Å²) in [5.74, 6) is -0.0202. The fourth-order valence-electron chi connectivity index (χ4n) is 1.18. The zero-order chi connectivity index (χ0) is 12.7. The van der Waals surface area contributed by atoms with Gasteiger partial charge in [-0.1, -0.05) is 0 Å². The van der Waals surface area contributed by atoms with E-state index in [0.717, 1.165) is 10.6 Å². The Labute approximate surface area is 105 Å². The second-order valence-corrected chi connectivity index (χ2v) is 4.35. The smallest absolute Gasteiger partial charge is 0.316 e. The highest BCUT2D eigenvalue weighted by Crippen LogP contribution is 2.20. The molecule has 0 aliphatic heterocycles. The Morgan fingerprint density at radius 2 is 1.94 bits per heavy atom. The highest BCUT2D eigenvalue weighted by Gasteiger charge is 2.03. The largest absolute Gasteiger partial charge is 0.465 e. The van der Waals surface area contributed by atoms with Crippen LogP contribution in [0, 0.1) is 0 Å². The number of hydrogen-bond donors (Lipinski definition) is 1. The fraction of sp³-hybridized carbons (Fsp3) is 0.333. The van der Waals surface area contributed by atoms with E-state index in [9.17, 15) is 9.59 Å². The van der Waals surface area contributed by atoms with E-state index in [1.165, 1.54) is 18.7 Å². The lowest BCUT2D eigenvalue weighted by molar-refractivity contribution is -0.139. The minimum Gasteiger partial charge on any atom is -0.465 e. The van der Waals surface area contributed by atoms with Gasteiger partial charge < -0.3 is 10.1 Å². The molecule has 1 amide bonds. The first-order chi connectivity index (χ1) is 8.11. The van der Waals surface area contributed by atoms with Crippen molar-refractivity contribution in [1.29, 1.82) is 0 Å². The summed E-state index contributed by atoms with van der Waals surface area (Å²) < 4.78 is 4.82. The number of nitrogens with one attached hydrogen (secondary N) is 1. The van der Waals surface area contributed by atoms with Crippen molar-refractivity contribution in [1.82, 2.24) is 0 Å². The molecular weight excluding hydrogens is 238 g/mol. The summed E-state index contributed by atoms with van der Waals surface area (Å²) in [5, 5.41) is 2.68. The number of anilines is 1. The molecule has 1 rings (SSSR count). The topological polar surface area (TPSA) is 55.4 Å². The Hall–Kier alpha value is -1.49. The first-order valence-corrected chi connectivity index (χ1v) is 6.26. The number of hydrogen-bond acceptors (Lipinski definition) is 4. The van der Waals surface area contributed by atoms with E-state index >= 15 is 0 Å². The van der Waals surface area contributed by atoms with Crippen molar-refractivity contribution >= 4 is 29.3 Å². The molecule has 5 heteroatoms. The average Bonchev–Trinajstić information content (AvgIpc) is 2.28. The summed E-state index contributed by atoms with van der Waals surface area (Å²) >= 11 is 1.41. The fourth-order valence-corrected chi connectivity index (χ4v) is 1.88. The zero-order valence-corrected chi connectivity index (χ0v) is 10.7. The molecule has 0 aliphatic carbocycles. The lowest BCUT2D eigenvalue weighted by Gasteiger charge is -2.04. The predicted octanol–water partition coefficient (Wildman–Crippen LogP) is 2.30. The number of esters is 1. The number of amides is 1. The molecule has 1 N–H and O–H groups in total. The van der Waals surface area contributed by atoms with E-state index in [-0.39, 0.29) is 11.9 Å². The lowest BCUT2D eigenvalue weighted by atomic mass is 10.3. The number of benzene rings is 1. The molecule has 17 heavy (non-hydrogen) atoms. The van der Waals surface area contributed by atoms with Crippen LogP contribution in [-0.4, -0.2) is 24.2 Å². The molecule has 0 saturated heterocycles. The van der Waals surface area contributed by atoms with Gasteiger partial charge in [-0.25, -0.2) is 0 Å². The predicted molar refractivity (Wildman–Crippen MR) is 68.1 cm³/mol. The third kappa shape index (κ3) is 5.40. The van der Waals surface area contributed by atoms with E-state index < -0.39 is 0 Å². The molecule has 0 heterocycles. The van der Waals surface area contributed by atoms with E-state index in [2.05, 4.69) is 5.32 Å². The molecule has 1 aromatic carbocycles. The van der Waals surface area contributed by atoms with Gasteiger partial charge in [0.05, 0.1) is 12.4 Å². The Bertz CT molecular complexity index is 389. The molecule has 0 unspecified atom stereocenters. The van der Waals surface area contributed by atoms with Gasteiger partial charge in [-0.15, -0.1) is 11.8 Å². The summed E-state index contributed by atoms with van der Waals surface area (Å²) in [5.41, 5.74) is 0.748. The molecule has 92 valence electrons. The summed E-state index contributed by atoms with van der Waals surface area (Å²) in [6.45, 7) is 3.65. The zero-order valence-electron chi connectivity index (χ0n) is 9.86. The van der Waals surface area contributed by atoms with Gasteiger partial charge in [-0.3, -0.25) is 9.59 Å². The minimum absolute atomic E-state index is 0.100. The van der Waals surface area contributed by atoms with Gasteiger partial charge >= 0.3 is 5.97 Å². The van der Waals surface area contributed by atoms with E-state index in [0.29, 0.717) is 12.4 Å². The van der Waals surface area contributed by atoms with E-state index in [4.69, 9.17) is 4.74 Å². The van der Waals surface area contributed by atoms with Gasteiger partial charge in [0.1, 0.15) is 0 Å². The molecule has 0 fully saturated rings. The highest BCUT2D eigenvalue weighted by atomic mass is 32.2. The molecule has 0 aromatic heterocycles. The first kappa shape index (κ1) is 13.6. The molecule has 0 spiro atoms. The van der Waals surface area contributed by atoms with Gasteiger partial charge in [-0.05, 0) is 31.2 Å². The molecule has 4 nitrogen and oxygen atoms in total. The molecule has 0 aliphatic rings. The third-order valence-electron chi connectivity index (χ3n) is 1.84. The van der Waals surface area contributed by atoms with E-state index in [1.54, 1.807) is 19.1 Å². The summed E-state index contributed by atoms with van der Waals surface area (Å²) in [6, 6.07) is 7.31. The number of ether oxygens (including phenoxy) is 1. The Balaban J connectivity index is 2.45. The molecule has 0 saturated carbocycles. The van der Waals surface area contributed by atoms with Crippen molar-refractivity contribution in [3.63, 3.8) is 0 Å². The van der Waals surface area contributed by atoms with Crippen molar-refractivity contribution in [2.75, 3.05) is 17.7 Å². The SMILES string of the molecule is CCOC(=O)CSc1ccc(NC(C)=O)cc1. The van der Waals surface area contributed by atoms with Gasteiger partial charge in [0.2, 0.25) is 5.91 Å². The molecule has 0 radical (unpaired) electrons. The van der Waals surface area contributed by atoms with Crippen molar-refractivity contribution < 1.29 is 14.3 Å². The Kier molecular flexibility index (Phi) is 5.56. The van der Waals surface area contributed by atoms with Crippen molar-refractivity contribution in [2.24, 2.45) is 0 Å². The monoisotopic (exact) mass is 253 g/mol. The van der Waals surface area contributed by atoms with Crippen molar-refractivity contribution in [3.8, 4) is 0 Å².